The molecule has 0 spiro atoms. The first-order chi connectivity index (χ1) is 6.16. The summed E-state index contributed by atoms with van der Waals surface area (Å²) in [5.74, 6) is 4.03. The van der Waals surface area contributed by atoms with Crippen molar-refractivity contribution < 1.29 is 14.7 Å². The van der Waals surface area contributed by atoms with Crippen molar-refractivity contribution in [2.24, 2.45) is 5.90 Å². The van der Waals surface area contributed by atoms with Crippen molar-refractivity contribution in [3.05, 3.63) is 35.9 Å². The molecule has 1 rings (SSSR count). The average molecular weight is 237 g/mol. The van der Waals surface area contributed by atoms with E-state index in [9.17, 15) is 0 Å². The fraction of sp³-hybridized carbons (Fsp3) is 0.222. The molecule has 15 heavy (non-hydrogen) atoms. The monoisotopic (exact) mass is 236 g/mol. The molecule has 0 saturated heterocycles. The lowest BCUT2D eigenvalue weighted by molar-refractivity contribution is -0.134. The number of rotatable bonds is 2. The normalized spacial score (nSPS) is 7.33. The van der Waals surface area contributed by atoms with Crippen molar-refractivity contribution in [1.82, 2.24) is 6.15 Å². The van der Waals surface area contributed by atoms with Gasteiger partial charge in [0.25, 0.3) is 5.97 Å². The number of halogens is 1. The molecule has 0 radical (unpaired) electrons. The Morgan fingerprint density at radius 3 is 2.13 bits per heavy atom. The van der Waals surface area contributed by atoms with E-state index in [4.69, 9.17) is 15.8 Å². The van der Waals surface area contributed by atoms with Gasteiger partial charge in [0, 0.05) is 6.92 Å². The van der Waals surface area contributed by atoms with Crippen LogP contribution in [-0.4, -0.2) is 11.1 Å². The smallest absolute Gasteiger partial charge is 0.300 e. The molecule has 0 bridgehead atoms. The van der Waals surface area contributed by atoms with Crippen LogP contribution in [-0.2, 0) is 16.2 Å². The Hall–Kier alpha value is -1.14. The van der Waals surface area contributed by atoms with Gasteiger partial charge >= 0.3 is 0 Å². The zero-order chi connectivity index (χ0) is 10.1. The van der Waals surface area contributed by atoms with Gasteiger partial charge in [-0.2, -0.15) is 0 Å². The van der Waals surface area contributed by atoms with Crippen LogP contribution in [0.4, 0.5) is 0 Å². The van der Waals surface area contributed by atoms with Gasteiger partial charge in [0.05, 0.1) is 6.61 Å². The van der Waals surface area contributed by atoms with Crippen LogP contribution in [0, 0.1) is 0 Å². The average Bonchev–Trinajstić information content (AvgIpc) is 2.06. The number of benzene rings is 1. The molecule has 0 fully saturated rings. The molecule has 0 heterocycles. The van der Waals surface area contributed by atoms with Crippen LogP contribution in [0.2, 0.25) is 0 Å². The van der Waals surface area contributed by atoms with E-state index < -0.39 is 5.97 Å². The number of aliphatic carboxylic acids is 1. The molecule has 1 aromatic carbocycles. The van der Waals surface area contributed by atoms with E-state index >= 15 is 0 Å². The van der Waals surface area contributed by atoms with E-state index in [0.717, 1.165) is 12.5 Å². The van der Waals surface area contributed by atoms with Crippen LogP contribution < -0.4 is 12.0 Å². The third-order valence-electron chi connectivity index (χ3n) is 1.09. The summed E-state index contributed by atoms with van der Waals surface area (Å²) in [6, 6.07) is 9.79. The van der Waals surface area contributed by atoms with Crippen LogP contribution in [0.15, 0.2) is 30.3 Å². The zero-order valence-electron chi connectivity index (χ0n) is 8.55. The SMILES string of the molecule is CC(=O)O.Cl.N.NOCc1ccccc1. The molecule has 6 N–H and O–H groups in total. The summed E-state index contributed by atoms with van der Waals surface area (Å²) in [5, 5.41) is 7.42. The Morgan fingerprint density at radius 2 is 1.80 bits per heavy atom. The standard InChI is InChI=1S/C7H9NO.C2H4O2.ClH.H3N/c8-9-6-7-4-2-1-3-5-7;1-2(3)4;;/h1-5H,6,8H2;1H3,(H,3,4);1H;1H3. The molecule has 88 valence electrons. The minimum Gasteiger partial charge on any atom is -0.481 e. The summed E-state index contributed by atoms with van der Waals surface area (Å²) >= 11 is 0. The lowest BCUT2D eigenvalue weighted by atomic mass is 10.2. The summed E-state index contributed by atoms with van der Waals surface area (Å²) < 4.78 is 0. The lowest BCUT2D eigenvalue weighted by Gasteiger charge is -1.94. The van der Waals surface area contributed by atoms with Crippen molar-refractivity contribution >= 4 is 18.4 Å². The minimum absolute atomic E-state index is 0. The lowest BCUT2D eigenvalue weighted by Crippen LogP contribution is -1.97. The zero-order valence-corrected chi connectivity index (χ0v) is 9.37. The van der Waals surface area contributed by atoms with Gasteiger partial charge in [0.2, 0.25) is 0 Å². The molecule has 6 heteroatoms. The highest BCUT2D eigenvalue weighted by molar-refractivity contribution is 5.85. The summed E-state index contributed by atoms with van der Waals surface area (Å²) in [5.41, 5.74) is 1.10. The number of carboxylic acid groups (broad SMARTS) is 1. The molecule has 0 unspecified atom stereocenters. The molecule has 0 aliphatic rings. The second-order valence-electron chi connectivity index (χ2n) is 2.32. The van der Waals surface area contributed by atoms with E-state index in [1.165, 1.54) is 0 Å². The quantitative estimate of drug-likeness (QED) is 0.678. The van der Waals surface area contributed by atoms with Crippen LogP contribution in [0.3, 0.4) is 0 Å². The van der Waals surface area contributed by atoms with Gasteiger partial charge in [-0.25, -0.2) is 5.90 Å². The molecule has 0 aliphatic carbocycles. The maximum Gasteiger partial charge on any atom is 0.300 e. The highest BCUT2D eigenvalue weighted by Gasteiger charge is 1.85. The topological polar surface area (TPSA) is 108 Å². The van der Waals surface area contributed by atoms with Crippen LogP contribution >= 0.6 is 12.4 Å². The van der Waals surface area contributed by atoms with Crippen LogP contribution in [0.25, 0.3) is 0 Å². The largest absolute Gasteiger partial charge is 0.481 e. The van der Waals surface area contributed by atoms with E-state index in [2.05, 4.69) is 4.84 Å². The van der Waals surface area contributed by atoms with Crippen molar-refractivity contribution in [1.29, 1.82) is 0 Å². The number of hydrogen-bond acceptors (Lipinski definition) is 4. The fourth-order valence-electron chi connectivity index (χ4n) is 0.670. The molecule has 0 atom stereocenters. The van der Waals surface area contributed by atoms with Gasteiger partial charge in [-0.15, -0.1) is 12.4 Å². The van der Waals surface area contributed by atoms with E-state index in [1.54, 1.807) is 0 Å². The predicted molar refractivity (Wildman–Crippen MR) is 61.0 cm³/mol. The summed E-state index contributed by atoms with van der Waals surface area (Å²) in [6.07, 6.45) is 0. The van der Waals surface area contributed by atoms with Crippen molar-refractivity contribution in [2.45, 2.75) is 13.5 Å². The van der Waals surface area contributed by atoms with Gasteiger partial charge in [0.1, 0.15) is 0 Å². The maximum atomic E-state index is 9.00. The Kier molecular flexibility index (Phi) is 16.7. The predicted octanol–water partition coefficient (Wildman–Crippen LogP) is 1.75. The Labute approximate surface area is 95.2 Å². The minimum atomic E-state index is -0.833. The summed E-state index contributed by atoms with van der Waals surface area (Å²) in [6.45, 7) is 1.57. The Balaban J connectivity index is -0.000000213. The van der Waals surface area contributed by atoms with E-state index in [0.29, 0.717) is 6.61 Å². The molecule has 5 nitrogen and oxygen atoms in total. The van der Waals surface area contributed by atoms with Crippen LogP contribution in [0.5, 0.6) is 0 Å². The van der Waals surface area contributed by atoms with Gasteiger partial charge < -0.3 is 11.3 Å². The first kappa shape index (κ1) is 19.4. The first-order valence-electron chi connectivity index (χ1n) is 3.72. The van der Waals surface area contributed by atoms with E-state index in [1.807, 2.05) is 30.3 Å². The highest BCUT2D eigenvalue weighted by Crippen LogP contribution is 1.97. The molecule has 0 saturated carbocycles. The Morgan fingerprint density at radius 1 is 1.40 bits per heavy atom. The maximum absolute atomic E-state index is 9.00. The number of hydrogen-bond donors (Lipinski definition) is 3. The van der Waals surface area contributed by atoms with Gasteiger partial charge in [-0.1, -0.05) is 30.3 Å². The number of nitrogens with two attached hydrogens (primary N) is 1. The fourth-order valence-corrected chi connectivity index (χ4v) is 0.670. The second-order valence-corrected chi connectivity index (χ2v) is 2.32. The van der Waals surface area contributed by atoms with Crippen molar-refractivity contribution in [3.63, 3.8) is 0 Å². The van der Waals surface area contributed by atoms with Gasteiger partial charge in [-0.3, -0.25) is 9.63 Å². The van der Waals surface area contributed by atoms with Gasteiger partial charge in [0.15, 0.2) is 0 Å². The molecular formula is C9H17ClN2O3. The van der Waals surface area contributed by atoms with Crippen molar-refractivity contribution in [3.8, 4) is 0 Å². The molecule has 0 aromatic heterocycles. The van der Waals surface area contributed by atoms with E-state index in [-0.39, 0.29) is 18.6 Å². The van der Waals surface area contributed by atoms with Gasteiger partial charge in [-0.05, 0) is 5.56 Å². The first-order valence-corrected chi connectivity index (χ1v) is 3.72. The summed E-state index contributed by atoms with van der Waals surface area (Å²) in [4.78, 5) is 13.4. The third kappa shape index (κ3) is 15.6. The highest BCUT2D eigenvalue weighted by atomic mass is 35.5. The second kappa shape index (κ2) is 12.9. The van der Waals surface area contributed by atoms with Crippen molar-refractivity contribution in [2.75, 3.05) is 0 Å². The molecular weight excluding hydrogens is 220 g/mol. The Bertz CT molecular complexity index is 240. The summed E-state index contributed by atoms with van der Waals surface area (Å²) in [7, 11) is 0. The molecule has 0 amide bonds. The number of carbonyl (C=O) groups is 1. The third-order valence-corrected chi connectivity index (χ3v) is 1.09. The van der Waals surface area contributed by atoms with Crippen LogP contribution in [0.1, 0.15) is 12.5 Å². The molecule has 1 aromatic rings. The molecule has 0 aliphatic heterocycles. The number of carboxylic acids is 1.